The second-order valence-corrected chi connectivity index (χ2v) is 18.6. The van der Waals surface area contributed by atoms with Gasteiger partial charge in [-0.25, -0.2) is 14.2 Å². The number of phenolic OH excluding ortho intramolecular Hbond substituents is 4. The lowest BCUT2D eigenvalue weighted by Gasteiger charge is -2.34. The van der Waals surface area contributed by atoms with Crippen LogP contribution in [0.15, 0.2) is 66.4 Å². The number of anilines is 3. The van der Waals surface area contributed by atoms with Crippen molar-refractivity contribution in [1.82, 2.24) is 4.58 Å². The summed E-state index contributed by atoms with van der Waals surface area (Å²) in [5, 5.41) is 57.7. The fourth-order valence-corrected chi connectivity index (χ4v) is 9.24. The van der Waals surface area contributed by atoms with E-state index in [1.807, 2.05) is 12.1 Å². The molecule has 0 bridgehead atoms. The van der Waals surface area contributed by atoms with Gasteiger partial charge in [-0.3, -0.25) is 15.4 Å². The lowest BCUT2D eigenvalue weighted by molar-refractivity contribution is -0.109. The van der Waals surface area contributed by atoms with Crippen molar-refractivity contribution in [3.05, 3.63) is 93.7 Å². The normalized spacial score (nSPS) is 18.8. The molecule has 16 heteroatoms. The molecule has 16 nitrogen and oxygen atoms in total. The Labute approximate surface area is 383 Å². The number of hydrogen-bond donors (Lipinski definition) is 7. The number of allylic oxidation sites excluding steroid dienone is 2. The van der Waals surface area contributed by atoms with Crippen LogP contribution < -0.4 is 40.2 Å². The van der Waals surface area contributed by atoms with Crippen molar-refractivity contribution in [1.29, 1.82) is 0 Å². The second-order valence-electron chi connectivity index (χ2n) is 18.6. The number of nitrogens with zero attached hydrogens (tertiary/aromatic N) is 2. The maximum atomic E-state index is 14.8. The highest BCUT2D eigenvalue weighted by molar-refractivity contribution is 6.52. The molecule has 2 heterocycles. The van der Waals surface area contributed by atoms with Crippen LogP contribution in [0.1, 0.15) is 85.9 Å². The summed E-state index contributed by atoms with van der Waals surface area (Å²) in [6.45, 7) is 20.5. The number of carbonyl (C=O) groups is 3. The zero-order valence-electron chi connectivity index (χ0n) is 38.9. The molecule has 4 aromatic rings. The molecule has 2 atom stereocenters. The first-order chi connectivity index (χ1) is 31.0. The quantitative estimate of drug-likeness (QED) is 0.0411. The standard InChI is InChI=1S/C50H58N4O12/c1-25(2)53-27(5)49(7,8)33-21-31(35(23-37(33)53)51-47(61)65-17-15-63-29-11-13-39(55)41(57)19-29)43-45(59)44(46(43)60)32-22-34-38(54(26(3)4)28(6)50(34,9)10)24-36(32)52-48(62)66-18-16-64-30-12-14-40(56)42(58)20-30/h11-14,19-28H,15-18H2,1-10H3,(H6,51,52,55,56,57,58,59,60,61,62)/p+1. The lowest BCUT2D eigenvalue weighted by Crippen LogP contribution is -2.42. The molecule has 7 rings (SSSR count). The largest absolute Gasteiger partial charge is 0.506 e. The minimum atomic E-state index is -0.841. The van der Waals surface area contributed by atoms with Crippen molar-refractivity contribution in [2.75, 3.05) is 42.0 Å². The topological polar surface area (TPSA) is 220 Å². The molecule has 0 saturated carbocycles. The molecule has 2 unspecified atom stereocenters. The van der Waals surface area contributed by atoms with E-state index in [0.29, 0.717) is 0 Å². The van der Waals surface area contributed by atoms with E-state index in [4.69, 9.17) is 18.9 Å². The van der Waals surface area contributed by atoms with E-state index >= 15 is 0 Å². The summed E-state index contributed by atoms with van der Waals surface area (Å²) < 4.78 is 24.3. The van der Waals surface area contributed by atoms with Gasteiger partial charge in [0, 0.05) is 57.7 Å². The van der Waals surface area contributed by atoms with Gasteiger partial charge in [0.15, 0.2) is 29.0 Å². The number of fused-ring (bicyclic) bond motifs is 2. The minimum absolute atomic E-state index is 0.0205. The molecule has 0 spiro atoms. The maximum absolute atomic E-state index is 14.8. The number of aliphatic hydroxyl groups is 1. The van der Waals surface area contributed by atoms with Crippen LogP contribution in [-0.2, 0) is 25.1 Å². The maximum Gasteiger partial charge on any atom is 0.411 e. The Bertz CT molecular complexity index is 2790. The van der Waals surface area contributed by atoms with Crippen LogP contribution in [-0.4, -0.2) is 94.1 Å². The minimum Gasteiger partial charge on any atom is -0.506 e. The molecule has 0 saturated heterocycles. The first-order valence-electron chi connectivity index (χ1n) is 22.0. The van der Waals surface area contributed by atoms with E-state index < -0.39 is 28.8 Å². The third kappa shape index (κ3) is 8.47. The van der Waals surface area contributed by atoms with E-state index in [1.165, 1.54) is 36.4 Å². The number of ketones is 1. The third-order valence-corrected chi connectivity index (χ3v) is 13.3. The summed E-state index contributed by atoms with van der Waals surface area (Å²) >= 11 is 0. The van der Waals surface area contributed by atoms with Crippen molar-refractivity contribution in [3.8, 4) is 34.5 Å². The summed E-state index contributed by atoms with van der Waals surface area (Å²) in [5.74, 6) is -1.64. The predicted molar refractivity (Wildman–Crippen MR) is 250 cm³/mol. The Balaban J connectivity index is 1.26. The predicted octanol–water partition coefficient (Wildman–Crippen LogP) is 6.94. The van der Waals surface area contributed by atoms with Gasteiger partial charge in [0.1, 0.15) is 49.7 Å². The van der Waals surface area contributed by atoms with Crippen LogP contribution in [0.3, 0.4) is 0 Å². The summed E-state index contributed by atoms with van der Waals surface area (Å²) in [6.07, 6.45) is -1.68. The number of amides is 2. The molecule has 2 aliphatic heterocycles. The van der Waals surface area contributed by atoms with Gasteiger partial charge in [-0.05, 0) is 103 Å². The zero-order chi connectivity index (χ0) is 48.2. The summed E-state index contributed by atoms with van der Waals surface area (Å²) in [5.41, 5.74) is 2.60. The third-order valence-electron chi connectivity index (χ3n) is 13.3. The van der Waals surface area contributed by atoms with Gasteiger partial charge < -0.3 is 49.4 Å². The molecular weight excluding hydrogens is 849 g/mol. The molecular formula is C50H59N4O12+. The van der Waals surface area contributed by atoms with Gasteiger partial charge in [-0.2, -0.15) is 0 Å². The van der Waals surface area contributed by atoms with Crippen molar-refractivity contribution in [3.63, 3.8) is 0 Å². The molecule has 3 aliphatic rings. The zero-order valence-corrected chi connectivity index (χ0v) is 38.9. The van der Waals surface area contributed by atoms with Gasteiger partial charge >= 0.3 is 12.2 Å². The smallest absolute Gasteiger partial charge is 0.411 e. The number of carbonyl (C=O) groups excluding carboxylic acids is 3. The molecule has 1 aliphatic carbocycles. The average molecular weight is 908 g/mol. The molecule has 0 fully saturated rings. The van der Waals surface area contributed by atoms with Crippen molar-refractivity contribution in [2.45, 2.75) is 104 Å². The highest BCUT2D eigenvalue weighted by atomic mass is 16.6. The molecule has 66 heavy (non-hydrogen) atoms. The van der Waals surface area contributed by atoms with Crippen LogP contribution in [0.5, 0.6) is 34.5 Å². The van der Waals surface area contributed by atoms with Gasteiger partial charge in [-0.15, -0.1) is 0 Å². The van der Waals surface area contributed by atoms with Gasteiger partial charge in [-0.1, -0.05) is 13.8 Å². The van der Waals surface area contributed by atoms with E-state index in [-0.39, 0.29) is 124 Å². The van der Waals surface area contributed by atoms with Crippen LogP contribution in [0.4, 0.5) is 26.7 Å². The Hall–Kier alpha value is -7.10. The highest BCUT2D eigenvalue weighted by Gasteiger charge is 2.48. The second kappa shape index (κ2) is 17.7. The Morgan fingerprint density at radius 2 is 1.23 bits per heavy atom. The van der Waals surface area contributed by atoms with Crippen LogP contribution in [0.2, 0.25) is 0 Å². The molecule has 4 aromatic carbocycles. The Morgan fingerprint density at radius 1 is 0.682 bits per heavy atom. The van der Waals surface area contributed by atoms with E-state index in [9.17, 15) is 39.9 Å². The lowest BCUT2D eigenvalue weighted by atomic mass is 9.76. The van der Waals surface area contributed by atoms with Crippen LogP contribution in [0, 0.1) is 0 Å². The SMILES string of the molecule is CC(C)N1c2cc(NC(=O)OCCOc3ccc(O)c(O)c3)c(C3=C(O)C(=c4cc5c(cc4NC(=O)OCCOc4ccc(O)c(O)c4)=[N+](C(C)C)C(C)C5(C)C)C3=O)cc2C(C)(C)C1C. The summed E-state index contributed by atoms with van der Waals surface area (Å²) in [7, 11) is 0. The number of Topliss-reactive ketones (excluding diaryl/α,β-unsaturated/α-hetero) is 1. The fraction of sp³-hybridized carbons (Fsp3) is 0.400. The van der Waals surface area contributed by atoms with Gasteiger partial charge in [0.2, 0.25) is 11.1 Å². The first kappa shape index (κ1) is 46.9. The summed E-state index contributed by atoms with van der Waals surface area (Å²) in [4.78, 5) is 43.9. The first-order valence-corrected chi connectivity index (χ1v) is 22.0. The molecule has 0 aromatic heterocycles. The van der Waals surface area contributed by atoms with Crippen molar-refractivity contribution >= 4 is 46.2 Å². The number of benzene rings is 4. The number of phenols is 4. The summed E-state index contributed by atoms with van der Waals surface area (Å²) in [6, 6.07) is 15.4. The van der Waals surface area contributed by atoms with Crippen LogP contribution in [0.25, 0.3) is 11.1 Å². The van der Waals surface area contributed by atoms with Gasteiger partial charge in [0.25, 0.3) is 0 Å². The van der Waals surface area contributed by atoms with Crippen molar-refractivity contribution in [2.24, 2.45) is 0 Å². The monoisotopic (exact) mass is 907 g/mol. The number of nitrogens with one attached hydrogen (secondary N) is 2. The number of ether oxygens (including phenoxy) is 4. The number of aliphatic hydroxyl groups excluding tert-OH is 1. The highest BCUT2D eigenvalue weighted by Crippen LogP contribution is 2.51. The van der Waals surface area contributed by atoms with E-state index in [0.717, 1.165) is 22.2 Å². The molecule has 2 amide bonds. The van der Waals surface area contributed by atoms with E-state index in [2.05, 4.69) is 89.3 Å². The Morgan fingerprint density at radius 3 is 1.73 bits per heavy atom. The van der Waals surface area contributed by atoms with Crippen LogP contribution >= 0.6 is 0 Å². The number of aromatic hydroxyl groups is 4. The Kier molecular flexibility index (Phi) is 12.6. The molecule has 350 valence electrons. The average Bonchev–Trinajstić information content (AvgIpc) is 3.56. The molecule has 0 radical (unpaired) electrons. The van der Waals surface area contributed by atoms with E-state index in [1.54, 1.807) is 12.1 Å². The van der Waals surface area contributed by atoms with Gasteiger partial charge in [0.05, 0.1) is 27.9 Å². The fourth-order valence-electron chi connectivity index (χ4n) is 9.24. The van der Waals surface area contributed by atoms with Crippen molar-refractivity contribution < 1.29 is 58.9 Å². The number of rotatable bonds is 13. The number of hydrogen-bond acceptors (Lipinski definition) is 13. The molecule has 7 N–H and O–H groups in total.